The summed E-state index contributed by atoms with van der Waals surface area (Å²) in [5.74, 6) is 5.39. The first-order chi connectivity index (χ1) is 16.8. The van der Waals surface area contributed by atoms with Crippen molar-refractivity contribution in [1.29, 1.82) is 0 Å². The average Bonchev–Trinajstić information content (AvgIpc) is 3.24. The van der Waals surface area contributed by atoms with Crippen LogP contribution in [0.4, 0.5) is 0 Å². The van der Waals surface area contributed by atoms with Crippen LogP contribution in [0.3, 0.4) is 0 Å². The van der Waals surface area contributed by atoms with Crippen LogP contribution in [0.5, 0.6) is 0 Å². The molecule has 0 spiro atoms. The Morgan fingerprint density at radius 3 is 1.19 bits per heavy atom. The molecule has 0 aromatic carbocycles. The van der Waals surface area contributed by atoms with Gasteiger partial charge in [0.25, 0.3) is 0 Å². The highest BCUT2D eigenvalue weighted by Gasteiger charge is 2.76. The molecule has 16 nitrogen and oxygen atoms in total. The van der Waals surface area contributed by atoms with E-state index in [0.717, 1.165) is 5.01 Å². The maximum absolute atomic E-state index is 12.6. The van der Waals surface area contributed by atoms with E-state index in [1.54, 1.807) is 12.9 Å². The Labute approximate surface area is 214 Å². The normalized spacial score (nSPS) is 28.2. The number of allylic oxidation sites excluding steroid dienone is 1. The molecule has 5 aliphatic heterocycles. The molecule has 5 saturated heterocycles. The number of Topliss-reactive ketones (excluding diaryl/α,β-unsaturated/α-hetero) is 1. The zero-order chi connectivity index (χ0) is 27.6. The van der Waals surface area contributed by atoms with Crippen LogP contribution in [0.1, 0.15) is 55.9 Å². The fourth-order valence-corrected chi connectivity index (χ4v) is 5.10. The molecule has 206 valence electrons. The summed E-state index contributed by atoms with van der Waals surface area (Å²) >= 11 is 0. The number of piperazine rings is 1. The van der Waals surface area contributed by atoms with Crippen LogP contribution in [0.25, 0.3) is 0 Å². The zero-order valence-corrected chi connectivity index (χ0v) is 21.0. The van der Waals surface area contributed by atoms with Gasteiger partial charge in [-0.15, -0.1) is 9.97 Å². The van der Waals surface area contributed by atoms with Gasteiger partial charge in [0.15, 0.2) is 24.7 Å². The van der Waals surface area contributed by atoms with Gasteiger partial charge in [-0.2, -0.15) is 5.90 Å². The van der Waals surface area contributed by atoms with Crippen molar-refractivity contribution < 1.29 is 33.7 Å². The summed E-state index contributed by atoms with van der Waals surface area (Å²) in [5.41, 5.74) is 0. The number of rotatable bonds is 2. The lowest BCUT2D eigenvalue weighted by atomic mass is 10.1. The van der Waals surface area contributed by atoms with Crippen LogP contribution in [0.15, 0.2) is 11.4 Å². The van der Waals surface area contributed by atoms with Gasteiger partial charge in [-0.1, -0.05) is 7.43 Å². The van der Waals surface area contributed by atoms with Crippen LogP contribution in [-0.2, 0) is 33.7 Å². The van der Waals surface area contributed by atoms with Gasteiger partial charge in [0, 0.05) is 27.7 Å². The van der Waals surface area contributed by atoms with Crippen LogP contribution in [-0.4, -0.2) is 102 Å². The molecular weight excluding hydrogens is 492 g/mol. The molecule has 5 fully saturated rings. The maximum Gasteiger partial charge on any atom is 0.223 e. The Morgan fingerprint density at radius 2 is 1.00 bits per heavy atom. The van der Waals surface area contributed by atoms with Crippen molar-refractivity contribution in [2.24, 2.45) is 11.2 Å². The van der Waals surface area contributed by atoms with Crippen LogP contribution in [0.2, 0.25) is 0 Å². The third-order valence-corrected chi connectivity index (χ3v) is 5.93. The summed E-state index contributed by atoms with van der Waals surface area (Å²) in [7, 11) is 0. The molecule has 0 aromatic heterocycles. The largest absolute Gasteiger partial charge is 0.300 e. The number of hydroxylamine groups is 2. The van der Waals surface area contributed by atoms with E-state index in [1.807, 2.05) is 0 Å². The minimum Gasteiger partial charge on any atom is -0.300 e. The zero-order valence-electron chi connectivity index (χ0n) is 21.0. The highest BCUT2D eigenvalue weighted by molar-refractivity contribution is 5.83. The Hall–Kier alpha value is -3.72. The van der Waals surface area contributed by atoms with Gasteiger partial charge in [-0.3, -0.25) is 38.8 Å². The Bertz CT molecular complexity index is 939. The second-order valence-electron chi connectivity index (χ2n) is 8.43. The molecule has 2 N–H and O–H groups in total. The Kier molecular flexibility index (Phi) is 10.2. The van der Waals surface area contributed by atoms with Crippen molar-refractivity contribution in [2.75, 3.05) is 0 Å². The fraction of sp³-hybridized carbons (Fsp3) is 0.667. The van der Waals surface area contributed by atoms with Crippen molar-refractivity contribution in [1.82, 2.24) is 29.7 Å². The molecule has 4 amide bonds. The van der Waals surface area contributed by atoms with Crippen molar-refractivity contribution in [3.8, 4) is 0 Å². The monoisotopic (exact) mass is 526 g/mol. The number of carbonyl (C=O) groups is 5. The average molecular weight is 527 g/mol. The summed E-state index contributed by atoms with van der Waals surface area (Å²) in [6, 6.07) is 0. The molecule has 0 saturated carbocycles. The van der Waals surface area contributed by atoms with Crippen LogP contribution in [0, 0.1) is 4.91 Å². The van der Waals surface area contributed by atoms with Gasteiger partial charge in [0.2, 0.25) is 23.6 Å². The van der Waals surface area contributed by atoms with Crippen molar-refractivity contribution in [3.05, 3.63) is 11.0 Å². The number of nitrogens with zero attached hydrogens (tertiary/aromatic N) is 7. The van der Waals surface area contributed by atoms with Gasteiger partial charge in [0.05, 0.1) is 5.29 Å². The van der Waals surface area contributed by atoms with E-state index in [2.05, 4.69) is 5.29 Å². The lowest BCUT2D eigenvalue weighted by Crippen LogP contribution is -2.73. The highest BCUT2D eigenvalue weighted by Crippen LogP contribution is 2.51. The van der Waals surface area contributed by atoms with Gasteiger partial charge in [-0.25, -0.2) is 14.7 Å². The lowest BCUT2D eigenvalue weighted by Gasteiger charge is -2.50. The van der Waals surface area contributed by atoms with E-state index in [4.69, 9.17) is 15.6 Å². The molecule has 0 aliphatic carbocycles. The second-order valence-corrected chi connectivity index (χ2v) is 8.43. The van der Waals surface area contributed by atoms with Gasteiger partial charge >= 0.3 is 0 Å². The van der Waals surface area contributed by atoms with Crippen molar-refractivity contribution in [2.45, 2.75) is 92.9 Å². The van der Waals surface area contributed by atoms with E-state index in [9.17, 15) is 28.9 Å². The van der Waals surface area contributed by atoms with E-state index in [0.29, 0.717) is 0 Å². The fourth-order valence-electron chi connectivity index (χ4n) is 5.10. The standard InChI is InChI=1S/C14H20N8O6.C3H6O.C3H4O.CH4/c1-5(23)17-9-10-18(6(2)24)12-14(20(10)8(4)26)22(28-15)13(19(9)7(3)25)11(17)21(12)16-27;1-3(2)4;1-2-3-4;/h9-14H,15H2,1-4H3;1-2H3;2H,1H3;1H4. The number of hydrogen-bond acceptors (Lipinski definition) is 11. The molecule has 6 unspecified atom stereocenters. The topological polar surface area (TPSA) is 187 Å². The Morgan fingerprint density at radius 1 is 0.730 bits per heavy atom. The van der Waals surface area contributed by atoms with E-state index in [-0.39, 0.29) is 13.2 Å². The molecule has 5 heterocycles. The summed E-state index contributed by atoms with van der Waals surface area (Å²) in [5, 5.41) is 5.28. The third-order valence-electron chi connectivity index (χ3n) is 5.93. The molecule has 6 bridgehead atoms. The molecule has 0 aromatic rings. The third kappa shape index (κ3) is 4.96. The molecule has 5 aliphatic rings. The predicted molar refractivity (Wildman–Crippen MR) is 127 cm³/mol. The molecule has 6 atom stereocenters. The predicted octanol–water partition coefficient (Wildman–Crippen LogP) is -0.892. The second kappa shape index (κ2) is 12.0. The summed E-state index contributed by atoms with van der Waals surface area (Å²) in [4.78, 5) is 90.7. The molecule has 5 rings (SSSR count). The van der Waals surface area contributed by atoms with E-state index in [1.165, 1.54) is 72.3 Å². The Balaban J connectivity index is 0.000000671. The summed E-state index contributed by atoms with van der Waals surface area (Å²) in [6.07, 6.45) is -4.79. The maximum atomic E-state index is 12.6. The quantitative estimate of drug-likeness (QED) is 0.267. The van der Waals surface area contributed by atoms with Crippen molar-refractivity contribution >= 4 is 35.4 Å². The minimum absolute atomic E-state index is 0. The number of nitroso groups, excluding NO2 is 1. The van der Waals surface area contributed by atoms with E-state index >= 15 is 0 Å². The number of nitrogens with two attached hydrogens (primary N) is 1. The first-order valence-corrected chi connectivity index (χ1v) is 10.9. The smallest absolute Gasteiger partial charge is 0.223 e. The first-order valence-electron chi connectivity index (χ1n) is 10.9. The SMILES string of the molecule is C.CC(=O)N1C2C3N(ON)C4C(N2N=O)N(C(C)=O)C(C1N3C(C)=O)N4C(C)=O.CC(C)=O.CC=C=O. The minimum atomic E-state index is -1.03. The molecule has 16 heteroatoms. The first kappa shape index (κ1) is 31.3. The van der Waals surface area contributed by atoms with Gasteiger partial charge < -0.3 is 4.79 Å². The number of amides is 4. The van der Waals surface area contributed by atoms with E-state index < -0.39 is 60.6 Å². The van der Waals surface area contributed by atoms with Crippen LogP contribution < -0.4 is 5.90 Å². The molecular formula is C21H34N8O8. The number of ketones is 1. The van der Waals surface area contributed by atoms with Gasteiger partial charge in [0.1, 0.15) is 24.1 Å². The van der Waals surface area contributed by atoms with Crippen LogP contribution >= 0.6 is 0 Å². The van der Waals surface area contributed by atoms with Gasteiger partial charge in [-0.05, 0) is 26.8 Å². The number of hydrogen-bond donors (Lipinski definition) is 1. The molecule has 0 radical (unpaired) electrons. The summed E-state index contributed by atoms with van der Waals surface area (Å²) in [6.45, 7) is 9.79. The summed E-state index contributed by atoms with van der Waals surface area (Å²) < 4.78 is 0. The number of carbonyl (C=O) groups excluding carboxylic acids is 6. The van der Waals surface area contributed by atoms with Crippen molar-refractivity contribution in [3.63, 3.8) is 0 Å². The highest BCUT2D eigenvalue weighted by atomic mass is 16.8. The lowest BCUT2D eigenvalue weighted by molar-refractivity contribution is -0.304. The molecule has 37 heavy (non-hydrogen) atoms.